The van der Waals surface area contributed by atoms with E-state index < -0.39 is 29.0 Å². The van der Waals surface area contributed by atoms with E-state index in [1.165, 1.54) is 6.07 Å². The monoisotopic (exact) mass is 257 g/mol. The molecule has 8 heteroatoms. The van der Waals surface area contributed by atoms with E-state index in [4.69, 9.17) is 13.9 Å². The van der Waals surface area contributed by atoms with Crippen molar-refractivity contribution in [2.45, 2.75) is 26.6 Å². The fourth-order valence-corrected chi connectivity index (χ4v) is 1.06. The summed E-state index contributed by atoms with van der Waals surface area (Å²) < 4.78 is 14.3. The average molecular weight is 257 g/mol. The Morgan fingerprint density at radius 2 is 2.11 bits per heavy atom. The molecule has 0 bridgehead atoms. The zero-order chi connectivity index (χ0) is 13.7. The van der Waals surface area contributed by atoms with Gasteiger partial charge in [-0.2, -0.15) is 0 Å². The second-order valence-electron chi connectivity index (χ2n) is 3.22. The molecule has 0 spiro atoms. The normalized spacial score (nSPS) is 11.7. The number of esters is 2. The van der Waals surface area contributed by atoms with Gasteiger partial charge in [0.25, 0.3) is 0 Å². The smallest absolute Gasteiger partial charge is 0.417 e. The van der Waals surface area contributed by atoms with Gasteiger partial charge in [-0.05, 0) is 6.07 Å². The first-order chi connectivity index (χ1) is 8.43. The first-order valence-corrected chi connectivity index (χ1v) is 5.04. The number of ether oxygens (including phenoxy) is 2. The van der Waals surface area contributed by atoms with Gasteiger partial charge in [-0.25, -0.2) is 0 Å². The van der Waals surface area contributed by atoms with Crippen LogP contribution in [0.2, 0.25) is 0 Å². The van der Waals surface area contributed by atoms with Gasteiger partial charge in [0.15, 0.2) is 5.76 Å². The van der Waals surface area contributed by atoms with Gasteiger partial charge < -0.3 is 13.9 Å². The molecule has 0 saturated carbocycles. The van der Waals surface area contributed by atoms with Crippen LogP contribution in [0.4, 0.5) is 5.88 Å². The predicted octanol–water partition coefficient (Wildman–Crippen LogP) is 1.70. The van der Waals surface area contributed by atoms with Crippen LogP contribution in [0.15, 0.2) is 16.5 Å². The molecule has 1 aromatic rings. The van der Waals surface area contributed by atoms with Crippen molar-refractivity contribution in [1.82, 2.24) is 0 Å². The van der Waals surface area contributed by atoms with Gasteiger partial charge in [0.1, 0.15) is 4.92 Å². The van der Waals surface area contributed by atoms with Gasteiger partial charge in [0.05, 0.1) is 6.07 Å². The van der Waals surface area contributed by atoms with Crippen LogP contribution < -0.4 is 0 Å². The molecule has 0 fully saturated rings. The topological polar surface area (TPSA) is 109 Å². The number of hydrogen-bond donors (Lipinski definition) is 0. The van der Waals surface area contributed by atoms with E-state index in [0.717, 1.165) is 13.0 Å². The van der Waals surface area contributed by atoms with Gasteiger partial charge in [-0.3, -0.25) is 19.7 Å². The maximum absolute atomic E-state index is 11.1. The molecule has 0 aliphatic carbocycles. The lowest BCUT2D eigenvalue weighted by molar-refractivity contribution is -0.402. The summed E-state index contributed by atoms with van der Waals surface area (Å²) >= 11 is 0. The fraction of sp³-hybridized carbons (Fsp3) is 0.400. The molecule has 0 saturated heterocycles. The summed E-state index contributed by atoms with van der Waals surface area (Å²) in [5, 5.41) is 10.4. The first-order valence-electron chi connectivity index (χ1n) is 5.04. The number of carbonyl (C=O) groups is 2. The van der Waals surface area contributed by atoms with Crippen molar-refractivity contribution in [3.8, 4) is 0 Å². The van der Waals surface area contributed by atoms with Gasteiger partial charge in [0.2, 0.25) is 0 Å². The molecule has 0 aliphatic rings. The molecule has 1 aromatic heterocycles. The summed E-state index contributed by atoms with van der Waals surface area (Å²) in [6.07, 6.45) is -1.34. The standard InChI is InChI=1S/C10H11NO7/c1-3-9(13)18-10(16-6(2)12)7-4-5-8(17-7)11(14)15/h4-5,10H,3H2,1-2H3. The van der Waals surface area contributed by atoms with Crippen molar-refractivity contribution in [2.75, 3.05) is 0 Å². The Morgan fingerprint density at radius 3 is 2.56 bits per heavy atom. The highest BCUT2D eigenvalue weighted by molar-refractivity contribution is 5.70. The summed E-state index contributed by atoms with van der Waals surface area (Å²) in [5.74, 6) is -1.99. The van der Waals surface area contributed by atoms with Crippen molar-refractivity contribution >= 4 is 17.8 Å². The molecule has 0 N–H and O–H groups in total. The average Bonchev–Trinajstić information content (AvgIpc) is 2.76. The minimum absolute atomic E-state index is 0.0700. The highest BCUT2D eigenvalue weighted by Gasteiger charge is 2.25. The third-order valence-corrected chi connectivity index (χ3v) is 1.83. The second kappa shape index (κ2) is 5.80. The van der Waals surface area contributed by atoms with E-state index in [-0.39, 0.29) is 12.2 Å². The van der Waals surface area contributed by atoms with Crippen LogP contribution in [0.5, 0.6) is 0 Å². The molecule has 1 rings (SSSR count). The predicted molar refractivity (Wildman–Crippen MR) is 56.3 cm³/mol. The third kappa shape index (κ3) is 3.58. The van der Waals surface area contributed by atoms with Gasteiger partial charge in [-0.15, -0.1) is 0 Å². The SMILES string of the molecule is CCC(=O)OC(OC(C)=O)c1ccc([N+](=O)[O-])o1. The number of furan rings is 1. The summed E-state index contributed by atoms with van der Waals surface area (Å²) in [4.78, 5) is 31.7. The van der Waals surface area contributed by atoms with Crippen molar-refractivity contribution in [2.24, 2.45) is 0 Å². The van der Waals surface area contributed by atoms with Gasteiger partial charge >= 0.3 is 24.1 Å². The quantitative estimate of drug-likeness (QED) is 0.341. The minimum atomic E-state index is -1.41. The largest absolute Gasteiger partial charge is 0.433 e. The van der Waals surface area contributed by atoms with Crippen molar-refractivity contribution in [3.05, 3.63) is 28.0 Å². The number of carbonyl (C=O) groups excluding carboxylic acids is 2. The Kier molecular flexibility index (Phi) is 4.41. The maximum atomic E-state index is 11.1. The molecule has 0 aromatic carbocycles. The molecule has 98 valence electrons. The van der Waals surface area contributed by atoms with Crippen LogP contribution in [-0.2, 0) is 19.1 Å². The molecular weight excluding hydrogens is 246 g/mol. The molecule has 1 unspecified atom stereocenters. The van der Waals surface area contributed by atoms with Crippen LogP contribution in [-0.4, -0.2) is 16.9 Å². The Labute approximate surface area is 102 Å². The van der Waals surface area contributed by atoms with Gasteiger partial charge in [0, 0.05) is 13.3 Å². The molecule has 1 heterocycles. The zero-order valence-corrected chi connectivity index (χ0v) is 9.74. The van der Waals surface area contributed by atoms with Crippen molar-refractivity contribution in [1.29, 1.82) is 0 Å². The lowest BCUT2D eigenvalue weighted by atomic mass is 10.4. The second-order valence-corrected chi connectivity index (χ2v) is 3.22. The molecule has 0 amide bonds. The van der Waals surface area contributed by atoms with E-state index >= 15 is 0 Å². The number of nitro groups is 1. The summed E-state index contributed by atoms with van der Waals surface area (Å²) in [7, 11) is 0. The Hall–Kier alpha value is -2.38. The Morgan fingerprint density at radius 1 is 1.44 bits per heavy atom. The molecule has 18 heavy (non-hydrogen) atoms. The van der Waals surface area contributed by atoms with E-state index in [0.29, 0.717) is 0 Å². The van der Waals surface area contributed by atoms with Crippen LogP contribution in [0.1, 0.15) is 32.3 Å². The number of hydrogen-bond acceptors (Lipinski definition) is 7. The zero-order valence-electron chi connectivity index (χ0n) is 9.74. The Balaban J connectivity index is 2.89. The molecule has 8 nitrogen and oxygen atoms in total. The van der Waals surface area contributed by atoms with Crippen LogP contribution in [0.25, 0.3) is 0 Å². The van der Waals surface area contributed by atoms with E-state index in [1.807, 2.05) is 0 Å². The summed E-state index contributed by atoms with van der Waals surface area (Å²) in [5.41, 5.74) is 0. The molecule has 1 atom stereocenters. The third-order valence-electron chi connectivity index (χ3n) is 1.83. The summed E-state index contributed by atoms with van der Waals surface area (Å²) in [6, 6.07) is 2.28. The summed E-state index contributed by atoms with van der Waals surface area (Å²) in [6.45, 7) is 2.67. The minimum Gasteiger partial charge on any atom is -0.417 e. The van der Waals surface area contributed by atoms with E-state index in [1.54, 1.807) is 6.92 Å². The first kappa shape index (κ1) is 13.7. The Bertz CT molecular complexity index is 465. The number of nitrogens with zero attached hydrogens (tertiary/aromatic N) is 1. The molecular formula is C10H11NO7. The fourth-order valence-electron chi connectivity index (χ4n) is 1.06. The van der Waals surface area contributed by atoms with Crippen molar-refractivity contribution < 1.29 is 28.4 Å². The number of rotatable bonds is 5. The van der Waals surface area contributed by atoms with Gasteiger partial charge in [-0.1, -0.05) is 6.92 Å². The van der Waals surface area contributed by atoms with E-state index in [9.17, 15) is 19.7 Å². The van der Waals surface area contributed by atoms with E-state index in [2.05, 4.69) is 0 Å². The lowest BCUT2D eigenvalue weighted by Gasteiger charge is -2.14. The lowest BCUT2D eigenvalue weighted by Crippen LogP contribution is -2.15. The highest BCUT2D eigenvalue weighted by Crippen LogP contribution is 2.25. The van der Waals surface area contributed by atoms with Crippen molar-refractivity contribution in [3.63, 3.8) is 0 Å². The van der Waals surface area contributed by atoms with Crippen LogP contribution in [0, 0.1) is 10.1 Å². The van der Waals surface area contributed by atoms with Crippen LogP contribution in [0.3, 0.4) is 0 Å². The van der Waals surface area contributed by atoms with Crippen LogP contribution >= 0.6 is 0 Å². The highest BCUT2D eigenvalue weighted by atomic mass is 16.7. The molecule has 0 radical (unpaired) electrons. The maximum Gasteiger partial charge on any atom is 0.433 e. The molecule has 0 aliphatic heterocycles.